The number of hydrogen-bond acceptors (Lipinski definition) is 3. The van der Waals surface area contributed by atoms with E-state index in [-0.39, 0.29) is 22.5 Å². The number of rotatable bonds is 1. The number of nitrogens with zero attached hydrogens (tertiary/aromatic N) is 2. The quantitative estimate of drug-likeness (QED) is 0.799. The Balaban J connectivity index is 2.34. The molecule has 1 saturated heterocycles. The molecule has 0 aromatic heterocycles. The maximum atomic E-state index is 14.2. The molecule has 0 amide bonds. The lowest BCUT2D eigenvalue weighted by Gasteiger charge is -2.37. The zero-order valence-corrected chi connectivity index (χ0v) is 11.9. The second-order valence-corrected chi connectivity index (χ2v) is 5.33. The Hall–Kier alpha value is -1.12. The molecule has 18 heavy (non-hydrogen) atoms. The van der Waals surface area contributed by atoms with Gasteiger partial charge in [-0.3, -0.25) is 0 Å². The first-order valence-electron chi connectivity index (χ1n) is 5.81. The van der Waals surface area contributed by atoms with Crippen LogP contribution in [0.5, 0.6) is 0 Å². The predicted molar refractivity (Wildman–Crippen MR) is 71.0 cm³/mol. The highest BCUT2D eigenvalue weighted by molar-refractivity contribution is 9.10. The zero-order chi connectivity index (χ0) is 13.3. The van der Waals surface area contributed by atoms with Gasteiger partial charge in [0.15, 0.2) is 5.82 Å². The molecule has 1 aromatic carbocycles. The Bertz CT molecular complexity index is 490. The van der Waals surface area contributed by atoms with Crippen LogP contribution in [-0.2, 0) is 4.74 Å². The van der Waals surface area contributed by atoms with Crippen LogP contribution < -0.4 is 4.90 Å². The van der Waals surface area contributed by atoms with Crippen molar-refractivity contribution in [2.45, 2.75) is 26.1 Å². The molecule has 5 heteroatoms. The van der Waals surface area contributed by atoms with E-state index < -0.39 is 0 Å². The first-order chi connectivity index (χ1) is 8.52. The van der Waals surface area contributed by atoms with Gasteiger partial charge in [-0.15, -0.1) is 0 Å². The van der Waals surface area contributed by atoms with E-state index in [2.05, 4.69) is 15.9 Å². The van der Waals surface area contributed by atoms with Gasteiger partial charge >= 0.3 is 0 Å². The molecule has 0 aliphatic carbocycles. The van der Waals surface area contributed by atoms with Crippen LogP contribution in [0.3, 0.4) is 0 Å². The van der Waals surface area contributed by atoms with Crippen molar-refractivity contribution in [3.05, 3.63) is 28.0 Å². The van der Waals surface area contributed by atoms with E-state index in [9.17, 15) is 4.39 Å². The number of benzene rings is 1. The number of halogens is 2. The summed E-state index contributed by atoms with van der Waals surface area (Å²) in [6.45, 7) is 5.25. The van der Waals surface area contributed by atoms with Crippen molar-refractivity contribution in [3.8, 4) is 6.07 Å². The first kappa shape index (κ1) is 13.3. The van der Waals surface area contributed by atoms with Crippen molar-refractivity contribution in [2.75, 3.05) is 18.0 Å². The number of hydrogen-bond donors (Lipinski definition) is 0. The molecule has 1 aromatic rings. The molecule has 96 valence electrons. The fourth-order valence-electron chi connectivity index (χ4n) is 2.24. The molecular formula is C13H14BrFN2O. The Kier molecular flexibility index (Phi) is 3.88. The van der Waals surface area contributed by atoms with Crippen LogP contribution >= 0.6 is 15.9 Å². The van der Waals surface area contributed by atoms with Gasteiger partial charge in [0.2, 0.25) is 0 Å². The largest absolute Gasteiger partial charge is 0.372 e. The summed E-state index contributed by atoms with van der Waals surface area (Å²) in [6, 6.07) is 5.24. The molecule has 0 saturated carbocycles. The fourth-order valence-corrected chi connectivity index (χ4v) is 2.67. The first-order valence-corrected chi connectivity index (χ1v) is 6.60. The molecular weight excluding hydrogens is 299 g/mol. The smallest absolute Gasteiger partial charge is 0.161 e. The van der Waals surface area contributed by atoms with E-state index in [1.807, 2.05) is 24.8 Å². The third kappa shape index (κ3) is 2.50. The fraction of sp³-hybridized carbons (Fsp3) is 0.462. The van der Waals surface area contributed by atoms with E-state index in [0.717, 1.165) is 0 Å². The molecule has 1 fully saturated rings. The van der Waals surface area contributed by atoms with E-state index in [1.165, 1.54) is 0 Å². The molecule has 1 aliphatic rings. The number of nitriles is 1. The van der Waals surface area contributed by atoms with E-state index in [4.69, 9.17) is 10.00 Å². The van der Waals surface area contributed by atoms with Gasteiger partial charge in [0.05, 0.1) is 27.9 Å². The predicted octanol–water partition coefficient (Wildman–Crippen LogP) is 3.07. The summed E-state index contributed by atoms with van der Waals surface area (Å²) < 4.78 is 20.1. The maximum absolute atomic E-state index is 14.2. The summed E-state index contributed by atoms with van der Waals surface area (Å²) in [7, 11) is 0. The highest BCUT2D eigenvalue weighted by Crippen LogP contribution is 2.30. The lowest BCUT2D eigenvalue weighted by Crippen LogP contribution is -2.45. The lowest BCUT2D eigenvalue weighted by atomic mass is 10.1. The van der Waals surface area contributed by atoms with Crippen LogP contribution in [0.1, 0.15) is 19.4 Å². The maximum Gasteiger partial charge on any atom is 0.161 e. The van der Waals surface area contributed by atoms with Crippen molar-refractivity contribution < 1.29 is 9.13 Å². The Morgan fingerprint density at radius 2 is 2.00 bits per heavy atom. The number of ether oxygens (including phenoxy) is 1. The average Bonchev–Trinajstić information content (AvgIpc) is 2.31. The SMILES string of the molecule is C[C@@H]1CN(c2ccc(C#N)c(Br)c2F)C[C@H](C)O1. The topological polar surface area (TPSA) is 36.3 Å². The third-order valence-electron chi connectivity index (χ3n) is 2.94. The number of morpholine rings is 1. The van der Waals surface area contributed by atoms with Gasteiger partial charge in [0.25, 0.3) is 0 Å². The van der Waals surface area contributed by atoms with Crippen LogP contribution in [0, 0.1) is 17.1 Å². The van der Waals surface area contributed by atoms with Crippen LogP contribution in [0.4, 0.5) is 10.1 Å². The Labute approximate surface area is 114 Å². The monoisotopic (exact) mass is 312 g/mol. The van der Waals surface area contributed by atoms with E-state index in [0.29, 0.717) is 24.3 Å². The standard InChI is InChI=1S/C13H14BrFN2O/c1-8-6-17(7-9(2)18-8)11-4-3-10(5-16)12(14)13(11)15/h3-4,8-9H,6-7H2,1-2H3/t8-,9+. The molecule has 3 nitrogen and oxygen atoms in total. The minimum atomic E-state index is -0.379. The molecule has 2 atom stereocenters. The molecule has 1 heterocycles. The van der Waals surface area contributed by atoms with Crippen LogP contribution in [0.2, 0.25) is 0 Å². The van der Waals surface area contributed by atoms with Crippen LogP contribution in [0.25, 0.3) is 0 Å². The molecule has 0 N–H and O–H groups in total. The zero-order valence-electron chi connectivity index (χ0n) is 10.3. The second-order valence-electron chi connectivity index (χ2n) is 4.53. The summed E-state index contributed by atoms with van der Waals surface area (Å²) in [5.74, 6) is -0.379. The van der Waals surface area contributed by atoms with Crippen molar-refractivity contribution in [1.29, 1.82) is 5.26 Å². The van der Waals surface area contributed by atoms with Crippen molar-refractivity contribution >= 4 is 21.6 Å². The summed E-state index contributed by atoms with van der Waals surface area (Å²) in [5.41, 5.74) is 0.827. The van der Waals surface area contributed by atoms with Crippen molar-refractivity contribution in [1.82, 2.24) is 0 Å². The highest BCUT2D eigenvalue weighted by atomic mass is 79.9. The van der Waals surface area contributed by atoms with Gasteiger partial charge in [-0.2, -0.15) is 5.26 Å². The van der Waals surface area contributed by atoms with Crippen molar-refractivity contribution in [3.63, 3.8) is 0 Å². The molecule has 0 unspecified atom stereocenters. The number of anilines is 1. The summed E-state index contributed by atoms with van der Waals surface area (Å²) in [4.78, 5) is 1.96. The minimum absolute atomic E-state index is 0.0718. The van der Waals surface area contributed by atoms with E-state index >= 15 is 0 Å². The van der Waals surface area contributed by atoms with Gasteiger partial charge in [0, 0.05) is 13.1 Å². The van der Waals surface area contributed by atoms with Gasteiger partial charge in [-0.1, -0.05) is 0 Å². The van der Waals surface area contributed by atoms with Gasteiger partial charge < -0.3 is 9.64 Å². The van der Waals surface area contributed by atoms with E-state index in [1.54, 1.807) is 12.1 Å². The second kappa shape index (κ2) is 5.25. The average molecular weight is 313 g/mol. The third-order valence-corrected chi connectivity index (χ3v) is 3.72. The molecule has 0 radical (unpaired) electrons. The normalized spacial score (nSPS) is 23.8. The van der Waals surface area contributed by atoms with Crippen LogP contribution in [0.15, 0.2) is 16.6 Å². The summed E-state index contributed by atoms with van der Waals surface area (Å²) in [5, 5.41) is 8.85. The van der Waals surface area contributed by atoms with Gasteiger partial charge in [-0.05, 0) is 41.9 Å². The minimum Gasteiger partial charge on any atom is -0.372 e. The summed E-state index contributed by atoms with van der Waals surface area (Å²) >= 11 is 3.13. The summed E-state index contributed by atoms with van der Waals surface area (Å²) in [6.07, 6.45) is 0.144. The molecule has 0 bridgehead atoms. The Morgan fingerprint density at radius 3 is 2.56 bits per heavy atom. The Morgan fingerprint density at radius 1 is 1.39 bits per heavy atom. The highest BCUT2D eigenvalue weighted by Gasteiger charge is 2.25. The molecule has 2 rings (SSSR count). The molecule has 0 spiro atoms. The van der Waals surface area contributed by atoms with Crippen LogP contribution in [-0.4, -0.2) is 25.3 Å². The van der Waals surface area contributed by atoms with Gasteiger partial charge in [0.1, 0.15) is 6.07 Å². The van der Waals surface area contributed by atoms with Crippen molar-refractivity contribution in [2.24, 2.45) is 0 Å². The molecule has 1 aliphatic heterocycles. The lowest BCUT2D eigenvalue weighted by molar-refractivity contribution is -0.00539. The van der Waals surface area contributed by atoms with Gasteiger partial charge in [-0.25, -0.2) is 4.39 Å².